The van der Waals surface area contributed by atoms with Crippen molar-refractivity contribution in [2.24, 2.45) is 0 Å². The lowest BCUT2D eigenvalue weighted by molar-refractivity contribution is -0.140. The SMILES string of the molecule is O=C(Nc1nc(CCl)cs1)c1cccc(C(F)(F)F)c1F. The van der Waals surface area contributed by atoms with E-state index in [9.17, 15) is 22.4 Å². The van der Waals surface area contributed by atoms with Crippen LogP contribution in [-0.2, 0) is 12.1 Å². The van der Waals surface area contributed by atoms with Gasteiger partial charge in [0.05, 0.1) is 22.7 Å². The second-order valence-corrected chi connectivity index (χ2v) is 5.02. The molecule has 1 aromatic heterocycles. The maximum atomic E-state index is 13.8. The highest BCUT2D eigenvalue weighted by Gasteiger charge is 2.35. The molecule has 0 saturated heterocycles. The number of amides is 1. The molecule has 0 bridgehead atoms. The number of alkyl halides is 4. The first-order valence-electron chi connectivity index (χ1n) is 5.50. The van der Waals surface area contributed by atoms with Gasteiger partial charge in [0.15, 0.2) is 5.13 Å². The highest BCUT2D eigenvalue weighted by atomic mass is 35.5. The number of hydrogen-bond acceptors (Lipinski definition) is 3. The summed E-state index contributed by atoms with van der Waals surface area (Å²) in [4.78, 5) is 15.7. The summed E-state index contributed by atoms with van der Waals surface area (Å²) in [6.45, 7) is 0. The third-order valence-electron chi connectivity index (χ3n) is 2.46. The zero-order valence-electron chi connectivity index (χ0n) is 10.2. The maximum Gasteiger partial charge on any atom is 0.419 e. The van der Waals surface area contributed by atoms with Crippen LogP contribution in [0.25, 0.3) is 0 Å². The van der Waals surface area contributed by atoms with Crippen LogP contribution in [-0.4, -0.2) is 10.9 Å². The summed E-state index contributed by atoms with van der Waals surface area (Å²) in [5.74, 6) is -2.49. The van der Waals surface area contributed by atoms with Gasteiger partial charge < -0.3 is 0 Å². The fraction of sp³-hybridized carbons (Fsp3) is 0.167. The van der Waals surface area contributed by atoms with Crippen LogP contribution in [0.2, 0.25) is 0 Å². The summed E-state index contributed by atoms with van der Waals surface area (Å²) in [5, 5.41) is 3.94. The van der Waals surface area contributed by atoms with Gasteiger partial charge in [0.25, 0.3) is 5.91 Å². The molecule has 0 aliphatic heterocycles. The smallest absolute Gasteiger partial charge is 0.298 e. The minimum Gasteiger partial charge on any atom is -0.298 e. The minimum atomic E-state index is -4.87. The van der Waals surface area contributed by atoms with Crippen molar-refractivity contribution in [3.8, 4) is 0 Å². The van der Waals surface area contributed by atoms with Crippen molar-refractivity contribution in [3.05, 3.63) is 46.2 Å². The minimum absolute atomic E-state index is 0.129. The van der Waals surface area contributed by atoms with Crippen molar-refractivity contribution in [1.82, 2.24) is 4.98 Å². The molecule has 1 amide bonds. The van der Waals surface area contributed by atoms with Gasteiger partial charge in [-0.15, -0.1) is 22.9 Å². The number of anilines is 1. The normalized spacial score (nSPS) is 11.5. The largest absolute Gasteiger partial charge is 0.419 e. The van der Waals surface area contributed by atoms with Crippen molar-refractivity contribution < 1.29 is 22.4 Å². The van der Waals surface area contributed by atoms with Gasteiger partial charge in [-0.05, 0) is 12.1 Å². The van der Waals surface area contributed by atoms with Gasteiger partial charge in [-0.1, -0.05) is 6.07 Å². The highest BCUT2D eigenvalue weighted by molar-refractivity contribution is 7.14. The molecule has 1 N–H and O–H groups in total. The van der Waals surface area contributed by atoms with Gasteiger partial charge in [0, 0.05) is 5.38 Å². The molecular formula is C12H7ClF4N2OS. The topological polar surface area (TPSA) is 42.0 Å². The monoisotopic (exact) mass is 338 g/mol. The van der Waals surface area contributed by atoms with Crippen molar-refractivity contribution in [3.63, 3.8) is 0 Å². The molecule has 3 nitrogen and oxygen atoms in total. The first-order chi connectivity index (χ1) is 9.82. The van der Waals surface area contributed by atoms with Crippen molar-refractivity contribution in [2.75, 3.05) is 5.32 Å². The second kappa shape index (κ2) is 5.98. The molecule has 0 unspecified atom stereocenters. The van der Waals surface area contributed by atoms with Crippen LogP contribution in [0.3, 0.4) is 0 Å². The molecule has 0 fully saturated rings. The number of nitrogens with one attached hydrogen (secondary N) is 1. The second-order valence-electron chi connectivity index (χ2n) is 3.90. The number of nitrogens with zero attached hydrogens (tertiary/aromatic N) is 1. The van der Waals surface area contributed by atoms with Crippen LogP contribution in [0.4, 0.5) is 22.7 Å². The Balaban J connectivity index is 2.27. The van der Waals surface area contributed by atoms with Gasteiger partial charge in [-0.3, -0.25) is 10.1 Å². The van der Waals surface area contributed by atoms with Crippen molar-refractivity contribution in [1.29, 1.82) is 0 Å². The number of carbonyl (C=O) groups is 1. The standard InChI is InChI=1S/C12H7ClF4N2OS/c13-4-6-5-21-11(18-6)19-10(20)7-2-1-3-8(9(7)14)12(15,16)17/h1-3,5H,4H2,(H,18,19,20). The molecule has 0 spiro atoms. The van der Waals surface area contributed by atoms with Gasteiger partial charge in [0.2, 0.25) is 0 Å². The first kappa shape index (κ1) is 15.7. The lowest BCUT2D eigenvalue weighted by Crippen LogP contribution is -2.17. The van der Waals surface area contributed by atoms with Crippen LogP contribution in [0.15, 0.2) is 23.6 Å². The molecule has 21 heavy (non-hydrogen) atoms. The van der Waals surface area contributed by atoms with E-state index in [2.05, 4.69) is 10.3 Å². The fourth-order valence-corrected chi connectivity index (χ4v) is 2.45. The first-order valence-corrected chi connectivity index (χ1v) is 6.91. The quantitative estimate of drug-likeness (QED) is 0.670. The van der Waals surface area contributed by atoms with Gasteiger partial charge >= 0.3 is 6.18 Å². The summed E-state index contributed by atoms with van der Waals surface area (Å²) in [5.41, 5.74) is -1.69. The van der Waals surface area contributed by atoms with Gasteiger partial charge in [0.1, 0.15) is 5.82 Å². The number of carbonyl (C=O) groups excluding carboxylic acids is 1. The number of halogens is 5. The van der Waals surface area contributed by atoms with E-state index in [-0.39, 0.29) is 11.0 Å². The molecule has 0 radical (unpaired) electrons. The molecule has 0 aliphatic rings. The predicted octanol–water partition coefficient (Wildman–Crippen LogP) is 4.29. The van der Waals surface area contributed by atoms with Gasteiger partial charge in [-0.2, -0.15) is 13.2 Å². The summed E-state index contributed by atoms with van der Waals surface area (Å²) in [7, 11) is 0. The Bertz CT molecular complexity index is 672. The molecule has 1 heterocycles. The Hall–Kier alpha value is -1.67. The average Bonchev–Trinajstić information content (AvgIpc) is 2.85. The number of rotatable bonds is 3. The zero-order valence-corrected chi connectivity index (χ0v) is 11.7. The Morgan fingerprint density at radius 1 is 1.38 bits per heavy atom. The van der Waals surface area contributed by atoms with E-state index >= 15 is 0 Å². The lowest BCUT2D eigenvalue weighted by atomic mass is 10.1. The van der Waals surface area contributed by atoms with Crippen molar-refractivity contribution >= 4 is 34.0 Å². The summed E-state index contributed by atoms with van der Waals surface area (Å²) < 4.78 is 51.5. The van der Waals surface area contributed by atoms with E-state index in [0.717, 1.165) is 23.5 Å². The van der Waals surface area contributed by atoms with E-state index in [4.69, 9.17) is 11.6 Å². The van der Waals surface area contributed by atoms with Gasteiger partial charge in [-0.25, -0.2) is 9.37 Å². The molecule has 1 aromatic carbocycles. The Morgan fingerprint density at radius 2 is 2.10 bits per heavy atom. The number of aromatic nitrogens is 1. The number of benzene rings is 1. The molecule has 2 rings (SSSR count). The van der Waals surface area contributed by atoms with Crippen molar-refractivity contribution in [2.45, 2.75) is 12.1 Å². The molecule has 0 saturated carbocycles. The van der Waals surface area contributed by atoms with E-state index in [1.54, 1.807) is 5.38 Å². The zero-order chi connectivity index (χ0) is 15.6. The molecule has 0 atom stereocenters. The van der Waals surface area contributed by atoms with Crippen LogP contribution >= 0.6 is 22.9 Å². The third-order valence-corrected chi connectivity index (χ3v) is 3.54. The summed E-state index contributed by atoms with van der Waals surface area (Å²) >= 11 is 6.58. The highest BCUT2D eigenvalue weighted by Crippen LogP contribution is 2.32. The Morgan fingerprint density at radius 3 is 2.67 bits per heavy atom. The predicted molar refractivity (Wildman–Crippen MR) is 71.0 cm³/mol. The Kier molecular flexibility index (Phi) is 4.48. The lowest BCUT2D eigenvalue weighted by Gasteiger charge is -2.10. The van der Waals surface area contributed by atoms with E-state index in [1.165, 1.54) is 0 Å². The maximum absolute atomic E-state index is 13.8. The molecule has 2 aromatic rings. The summed E-state index contributed by atoms with van der Waals surface area (Å²) in [6, 6.07) is 2.50. The van der Waals surface area contributed by atoms with Crippen LogP contribution in [0.5, 0.6) is 0 Å². The van der Waals surface area contributed by atoms with E-state index < -0.39 is 29.0 Å². The third kappa shape index (κ3) is 3.51. The molecule has 0 aliphatic carbocycles. The summed E-state index contributed by atoms with van der Waals surface area (Å²) in [6.07, 6.45) is -4.87. The van der Waals surface area contributed by atoms with E-state index in [0.29, 0.717) is 11.8 Å². The molecule has 112 valence electrons. The molecule has 9 heteroatoms. The average molecular weight is 339 g/mol. The van der Waals surface area contributed by atoms with E-state index in [1.807, 2.05) is 0 Å². The number of thiazole rings is 1. The molecular weight excluding hydrogens is 332 g/mol. The number of hydrogen-bond donors (Lipinski definition) is 1. The van der Waals surface area contributed by atoms with Crippen LogP contribution < -0.4 is 5.32 Å². The Labute approximate surface area is 125 Å². The van der Waals surface area contributed by atoms with Crippen LogP contribution in [0.1, 0.15) is 21.6 Å². The van der Waals surface area contributed by atoms with Crippen LogP contribution in [0, 0.1) is 5.82 Å². The fourth-order valence-electron chi connectivity index (χ4n) is 1.52.